The number of rotatable bonds is 7. The Morgan fingerprint density at radius 2 is 1.96 bits per heavy atom. The molecular weight excluding hydrogens is 359 g/mol. The van der Waals surface area contributed by atoms with E-state index in [2.05, 4.69) is 10.4 Å². The van der Waals surface area contributed by atoms with Gasteiger partial charge in [0, 0.05) is 25.4 Å². The van der Waals surface area contributed by atoms with E-state index in [1.807, 2.05) is 0 Å². The Kier molecular flexibility index (Phi) is 5.63. The summed E-state index contributed by atoms with van der Waals surface area (Å²) in [6.07, 6.45) is 1.15. The fourth-order valence-corrected chi connectivity index (χ4v) is 2.69. The van der Waals surface area contributed by atoms with Crippen LogP contribution >= 0.6 is 0 Å². The Labute approximate surface area is 153 Å². The molecule has 27 heavy (non-hydrogen) atoms. The van der Waals surface area contributed by atoms with Crippen molar-refractivity contribution in [3.63, 3.8) is 0 Å². The number of halogens is 3. The van der Waals surface area contributed by atoms with Crippen LogP contribution in [0.1, 0.15) is 29.3 Å². The summed E-state index contributed by atoms with van der Waals surface area (Å²) in [5.41, 5.74) is -0.0241. The van der Waals surface area contributed by atoms with Crippen LogP contribution in [0.4, 0.5) is 13.2 Å². The van der Waals surface area contributed by atoms with Gasteiger partial charge in [0.15, 0.2) is 0 Å². The van der Waals surface area contributed by atoms with Gasteiger partial charge in [-0.05, 0) is 42.3 Å². The Bertz CT molecular complexity index is 807. The molecule has 0 saturated carbocycles. The normalized spacial score (nSPS) is 12.7. The van der Waals surface area contributed by atoms with Crippen LogP contribution in [0.25, 0.3) is 0 Å². The van der Waals surface area contributed by atoms with E-state index in [9.17, 15) is 18.0 Å². The largest absolute Gasteiger partial charge is 0.467 e. The van der Waals surface area contributed by atoms with Gasteiger partial charge in [0.05, 0.1) is 11.8 Å². The van der Waals surface area contributed by atoms with E-state index in [1.165, 1.54) is 12.1 Å². The third kappa shape index (κ3) is 4.99. The molecule has 1 amide bonds. The number of aromatic nitrogens is 2. The van der Waals surface area contributed by atoms with E-state index in [1.54, 1.807) is 41.5 Å². The first-order valence-electron chi connectivity index (χ1n) is 8.39. The summed E-state index contributed by atoms with van der Waals surface area (Å²) in [6, 6.07) is 9.92. The Hall–Kier alpha value is -3.03. The minimum absolute atomic E-state index is 0.176. The first kappa shape index (κ1) is 18.8. The van der Waals surface area contributed by atoms with E-state index in [4.69, 9.17) is 4.42 Å². The molecule has 0 bridgehead atoms. The summed E-state index contributed by atoms with van der Waals surface area (Å²) < 4.78 is 44.8. The van der Waals surface area contributed by atoms with Crippen molar-refractivity contribution in [1.82, 2.24) is 15.1 Å². The second-order valence-corrected chi connectivity index (χ2v) is 6.02. The summed E-state index contributed by atoms with van der Waals surface area (Å²) in [4.78, 5) is 12.1. The summed E-state index contributed by atoms with van der Waals surface area (Å²) in [6.45, 7) is 0.293. The molecule has 0 spiro atoms. The predicted octanol–water partition coefficient (Wildman–Crippen LogP) is 3.83. The molecule has 3 rings (SSSR count). The van der Waals surface area contributed by atoms with Crippen molar-refractivity contribution in [2.24, 2.45) is 0 Å². The van der Waals surface area contributed by atoms with Crippen LogP contribution in [0.5, 0.6) is 0 Å². The van der Waals surface area contributed by atoms with Gasteiger partial charge in [-0.3, -0.25) is 9.48 Å². The zero-order chi connectivity index (χ0) is 19.3. The van der Waals surface area contributed by atoms with Crippen molar-refractivity contribution in [3.8, 4) is 0 Å². The maximum Gasteiger partial charge on any atom is 0.416 e. The van der Waals surface area contributed by atoms with Crippen LogP contribution in [0.2, 0.25) is 0 Å². The van der Waals surface area contributed by atoms with Gasteiger partial charge in [0.1, 0.15) is 11.8 Å². The number of hydrogen-bond acceptors (Lipinski definition) is 3. The Balaban J connectivity index is 1.53. The van der Waals surface area contributed by atoms with Gasteiger partial charge in [-0.1, -0.05) is 12.1 Å². The highest BCUT2D eigenvalue weighted by atomic mass is 19.4. The molecule has 1 atom stereocenters. The predicted molar refractivity (Wildman–Crippen MR) is 91.8 cm³/mol. The maximum absolute atomic E-state index is 12.6. The SMILES string of the molecule is O=C(CCc1ccc(C(F)(F)F)cc1)NCC(c1ccco1)n1cccn1. The average molecular weight is 377 g/mol. The van der Waals surface area contributed by atoms with Crippen molar-refractivity contribution < 1.29 is 22.4 Å². The lowest BCUT2D eigenvalue weighted by Gasteiger charge is -2.16. The lowest BCUT2D eigenvalue weighted by Crippen LogP contribution is -2.31. The highest BCUT2D eigenvalue weighted by Crippen LogP contribution is 2.29. The zero-order valence-electron chi connectivity index (χ0n) is 14.3. The highest BCUT2D eigenvalue weighted by molar-refractivity contribution is 5.76. The van der Waals surface area contributed by atoms with Crippen molar-refractivity contribution in [3.05, 3.63) is 78.0 Å². The monoisotopic (exact) mass is 377 g/mol. The lowest BCUT2D eigenvalue weighted by atomic mass is 10.1. The summed E-state index contributed by atoms with van der Waals surface area (Å²) in [5.74, 6) is 0.473. The summed E-state index contributed by atoms with van der Waals surface area (Å²) in [7, 11) is 0. The van der Waals surface area contributed by atoms with Crippen molar-refractivity contribution in [1.29, 1.82) is 0 Å². The van der Waals surface area contributed by atoms with Gasteiger partial charge in [-0.25, -0.2) is 0 Å². The number of amides is 1. The van der Waals surface area contributed by atoms with Gasteiger partial charge in [-0.2, -0.15) is 18.3 Å². The Morgan fingerprint density at radius 1 is 1.19 bits per heavy atom. The molecule has 2 aromatic heterocycles. The number of hydrogen-bond donors (Lipinski definition) is 1. The zero-order valence-corrected chi connectivity index (χ0v) is 14.3. The third-order valence-corrected chi connectivity index (χ3v) is 4.13. The molecule has 0 fully saturated rings. The standard InChI is InChI=1S/C19H18F3N3O2/c20-19(21,22)15-7-4-14(5-8-15)6-9-18(26)23-13-16(17-3-1-12-27-17)25-11-2-10-24-25/h1-5,7-8,10-12,16H,6,9,13H2,(H,23,26). The molecule has 1 unspecified atom stereocenters. The fraction of sp³-hybridized carbons (Fsp3) is 0.263. The molecule has 1 N–H and O–H groups in total. The molecule has 142 valence electrons. The van der Waals surface area contributed by atoms with Gasteiger partial charge in [-0.15, -0.1) is 0 Å². The molecule has 0 aliphatic carbocycles. The molecular formula is C19H18F3N3O2. The van der Waals surface area contributed by atoms with Crippen LogP contribution in [-0.2, 0) is 17.4 Å². The first-order valence-corrected chi connectivity index (χ1v) is 8.39. The molecule has 5 nitrogen and oxygen atoms in total. The molecule has 0 aliphatic rings. The smallest absolute Gasteiger partial charge is 0.416 e. The molecule has 1 aromatic carbocycles. The molecule has 0 saturated heterocycles. The average Bonchev–Trinajstić information content (AvgIpc) is 3.34. The number of benzene rings is 1. The van der Waals surface area contributed by atoms with Crippen molar-refractivity contribution in [2.75, 3.05) is 6.54 Å². The minimum Gasteiger partial charge on any atom is -0.467 e. The van der Waals surface area contributed by atoms with Crippen LogP contribution in [0.3, 0.4) is 0 Å². The molecule has 3 aromatic rings. The second kappa shape index (κ2) is 8.11. The van der Waals surface area contributed by atoms with E-state index < -0.39 is 11.7 Å². The third-order valence-electron chi connectivity index (χ3n) is 4.13. The number of furan rings is 1. The quantitative estimate of drug-likeness (QED) is 0.681. The van der Waals surface area contributed by atoms with Gasteiger partial charge in [0.2, 0.25) is 5.91 Å². The molecule has 0 radical (unpaired) electrons. The number of carbonyl (C=O) groups excluding carboxylic acids is 1. The lowest BCUT2D eigenvalue weighted by molar-refractivity contribution is -0.137. The van der Waals surface area contributed by atoms with E-state index in [0.717, 1.165) is 12.1 Å². The van der Waals surface area contributed by atoms with Crippen LogP contribution in [0.15, 0.2) is 65.5 Å². The molecule has 8 heteroatoms. The maximum atomic E-state index is 12.6. The van der Waals surface area contributed by atoms with E-state index >= 15 is 0 Å². The van der Waals surface area contributed by atoms with Gasteiger partial charge >= 0.3 is 6.18 Å². The van der Waals surface area contributed by atoms with Crippen molar-refractivity contribution in [2.45, 2.75) is 25.1 Å². The number of aryl methyl sites for hydroxylation is 1. The van der Waals surface area contributed by atoms with E-state index in [-0.39, 0.29) is 18.4 Å². The first-order chi connectivity index (χ1) is 12.9. The van der Waals surface area contributed by atoms with Gasteiger partial charge < -0.3 is 9.73 Å². The van der Waals surface area contributed by atoms with Crippen LogP contribution in [0, 0.1) is 0 Å². The molecule has 2 heterocycles. The van der Waals surface area contributed by atoms with Gasteiger partial charge in [0.25, 0.3) is 0 Å². The summed E-state index contributed by atoms with van der Waals surface area (Å²) in [5, 5.41) is 7.01. The highest BCUT2D eigenvalue weighted by Gasteiger charge is 2.29. The number of nitrogens with zero attached hydrogens (tertiary/aromatic N) is 2. The van der Waals surface area contributed by atoms with Crippen molar-refractivity contribution >= 4 is 5.91 Å². The number of alkyl halides is 3. The Morgan fingerprint density at radius 3 is 2.56 bits per heavy atom. The fourth-order valence-electron chi connectivity index (χ4n) is 2.69. The topological polar surface area (TPSA) is 60.1 Å². The van der Waals surface area contributed by atoms with Crippen LogP contribution in [-0.4, -0.2) is 22.2 Å². The molecule has 0 aliphatic heterocycles. The number of nitrogens with one attached hydrogen (secondary N) is 1. The second-order valence-electron chi connectivity index (χ2n) is 6.02. The van der Waals surface area contributed by atoms with Crippen LogP contribution < -0.4 is 5.32 Å². The van der Waals surface area contributed by atoms with E-state index in [0.29, 0.717) is 24.3 Å². The number of carbonyl (C=O) groups is 1. The summed E-state index contributed by atoms with van der Waals surface area (Å²) >= 11 is 0. The minimum atomic E-state index is -4.36.